The first-order valence-corrected chi connectivity index (χ1v) is 8.55. The molecule has 7 nitrogen and oxygen atoms in total. The summed E-state index contributed by atoms with van der Waals surface area (Å²) in [6.45, 7) is 1.72. The molecule has 0 unspecified atom stereocenters. The Morgan fingerprint density at radius 1 is 1.03 bits per heavy atom. The van der Waals surface area contributed by atoms with E-state index in [1.807, 2.05) is 0 Å². The largest absolute Gasteiger partial charge is 0.497 e. The zero-order chi connectivity index (χ0) is 21.0. The maximum Gasteiger partial charge on any atom is 0.270 e. The summed E-state index contributed by atoms with van der Waals surface area (Å²) in [5.74, 6) is -0.240. The molecular weight excluding hydrogens is 379 g/mol. The first-order valence-electron chi connectivity index (χ1n) is 8.55. The van der Waals surface area contributed by atoms with Gasteiger partial charge in [0, 0.05) is 12.1 Å². The Labute approximate surface area is 165 Å². The van der Waals surface area contributed by atoms with Crippen LogP contribution in [0.2, 0.25) is 0 Å². The lowest BCUT2D eigenvalue weighted by Crippen LogP contribution is -2.14. The summed E-state index contributed by atoms with van der Waals surface area (Å²) in [4.78, 5) is 23.2. The van der Waals surface area contributed by atoms with Gasteiger partial charge in [0.15, 0.2) is 0 Å². The molecule has 148 valence electrons. The van der Waals surface area contributed by atoms with Crippen LogP contribution in [0.15, 0.2) is 60.7 Å². The van der Waals surface area contributed by atoms with Crippen LogP contribution in [0, 0.1) is 22.9 Å². The van der Waals surface area contributed by atoms with Gasteiger partial charge < -0.3 is 14.8 Å². The van der Waals surface area contributed by atoms with Crippen LogP contribution in [0.5, 0.6) is 17.2 Å². The quantitative estimate of drug-likeness (QED) is 0.463. The van der Waals surface area contributed by atoms with Crippen LogP contribution in [0.1, 0.15) is 15.9 Å². The average Bonchev–Trinajstić information content (AvgIpc) is 2.70. The first-order chi connectivity index (χ1) is 13.9. The van der Waals surface area contributed by atoms with E-state index in [2.05, 4.69) is 5.32 Å². The van der Waals surface area contributed by atoms with Gasteiger partial charge in [0.25, 0.3) is 11.6 Å². The number of rotatable bonds is 6. The van der Waals surface area contributed by atoms with Crippen molar-refractivity contribution >= 4 is 17.3 Å². The molecule has 0 aliphatic rings. The second kappa shape index (κ2) is 8.39. The van der Waals surface area contributed by atoms with Crippen molar-refractivity contribution in [2.24, 2.45) is 0 Å². The molecule has 0 aliphatic heterocycles. The van der Waals surface area contributed by atoms with Crippen LogP contribution in [0.4, 0.5) is 15.8 Å². The Morgan fingerprint density at radius 3 is 2.34 bits per heavy atom. The SMILES string of the molecule is COc1ccc(Oc2ccc([N+](=O)[O-])cc2C(=O)Nc2ccc(C)cc2F)cc1. The van der Waals surface area contributed by atoms with Crippen LogP contribution < -0.4 is 14.8 Å². The van der Waals surface area contributed by atoms with Crippen LogP contribution >= 0.6 is 0 Å². The van der Waals surface area contributed by atoms with Gasteiger partial charge in [-0.3, -0.25) is 14.9 Å². The van der Waals surface area contributed by atoms with E-state index in [1.54, 1.807) is 37.3 Å². The highest BCUT2D eigenvalue weighted by molar-refractivity contribution is 6.06. The zero-order valence-corrected chi connectivity index (χ0v) is 15.6. The number of halogens is 1. The standard InChI is InChI=1S/C21H17FN2O5/c1-13-3-9-19(18(22)11-13)23-21(25)17-12-14(24(26)27)4-10-20(17)29-16-7-5-15(28-2)6-8-16/h3-12H,1-2H3,(H,23,25). The van der Waals surface area contributed by atoms with Gasteiger partial charge in [-0.2, -0.15) is 0 Å². The predicted molar refractivity (Wildman–Crippen MR) is 105 cm³/mol. The highest BCUT2D eigenvalue weighted by Gasteiger charge is 2.20. The number of anilines is 1. The van der Waals surface area contributed by atoms with E-state index in [4.69, 9.17) is 9.47 Å². The molecule has 0 fully saturated rings. The lowest BCUT2D eigenvalue weighted by molar-refractivity contribution is -0.384. The normalized spacial score (nSPS) is 10.3. The number of hydrogen-bond acceptors (Lipinski definition) is 5. The van der Waals surface area contributed by atoms with Crippen LogP contribution in [0.25, 0.3) is 0 Å². The fraction of sp³-hybridized carbons (Fsp3) is 0.0952. The van der Waals surface area contributed by atoms with Gasteiger partial charge in [-0.25, -0.2) is 4.39 Å². The van der Waals surface area contributed by atoms with Crippen molar-refractivity contribution in [1.82, 2.24) is 0 Å². The minimum Gasteiger partial charge on any atom is -0.497 e. The molecule has 0 saturated carbocycles. The van der Waals surface area contributed by atoms with Crippen molar-refractivity contribution in [3.8, 4) is 17.2 Å². The minimum atomic E-state index is -0.736. The van der Waals surface area contributed by atoms with Crippen LogP contribution in [0.3, 0.4) is 0 Å². The van der Waals surface area contributed by atoms with Gasteiger partial charge in [-0.05, 0) is 55.0 Å². The number of carbonyl (C=O) groups excluding carboxylic acids is 1. The molecule has 0 spiro atoms. The number of benzene rings is 3. The summed E-state index contributed by atoms with van der Waals surface area (Å²) in [5, 5.41) is 13.6. The summed E-state index contributed by atoms with van der Waals surface area (Å²) in [7, 11) is 1.53. The van der Waals surface area contributed by atoms with E-state index in [0.29, 0.717) is 17.1 Å². The second-order valence-corrected chi connectivity index (χ2v) is 6.15. The molecule has 3 aromatic rings. The summed E-state index contributed by atoms with van der Waals surface area (Å²) in [6, 6.07) is 14.6. The smallest absolute Gasteiger partial charge is 0.270 e. The molecule has 0 heterocycles. The Bertz CT molecular complexity index is 1070. The van der Waals surface area contributed by atoms with Gasteiger partial charge in [0.1, 0.15) is 23.1 Å². The molecule has 0 bridgehead atoms. The first kappa shape index (κ1) is 19.8. The predicted octanol–water partition coefficient (Wildman–Crippen LogP) is 5.10. The molecule has 8 heteroatoms. The van der Waals surface area contributed by atoms with Crippen molar-refractivity contribution in [2.75, 3.05) is 12.4 Å². The van der Waals surface area contributed by atoms with E-state index >= 15 is 0 Å². The molecule has 0 saturated heterocycles. The summed E-state index contributed by atoms with van der Waals surface area (Å²) in [5.41, 5.74) is 0.262. The molecule has 0 aliphatic carbocycles. The number of nitrogens with zero attached hydrogens (tertiary/aromatic N) is 1. The molecule has 3 aromatic carbocycles. The van der Waals surface area contributed by atoms with Gasteiger partial charge >= 0.3 is 0 Å². The molecule has 29 heavy (non-hydrogen) atoms. The maximum atomic E-state index is 14.1. The Morgan fingerprint density at radius 2 is 1.72 bits per heavy atom. The van der Waals surface area contributed by atoms with Gasteiger partial charge in [-0.1, -0.05) is 6.07 Å². The molecule has 1 amide bonds. The molecular formula is C21H17FN2O5. The van der Waals surface area contributed by atoms with Gasteiger partial charge in [0.2, 0.25) is 0 Å². The number of nitro benzene ring substituents is 1. The lowest BCUT2D eigenvalue weighted by Gasteiger charge is -2.12. The monoisotopic (exact) mass is 396 g/mol. The number of hydrogen-bond donors (Lipinski definition) is 1. The third kappa shape index (κ3) is 4.67. The van der Waals surface area contributed by atoms with E-state index in [1.165, 1.54) is 31.4 Å². The lowest BCUT2D eigenvalue weighted by atomic mass is 10.1. The van der Waals surface area contributed by atoms with Gasteiger partial charge in [-0.15, -0.1) is 0 Å². The molecule has 3 rings (SSSR count). The number of nitrogens with one attached hydrogen (secondary N) is 1. The van der Waals surface area contributed by atoms with Crippen molar-refractivity contribution in [3.05, 3.63) is 87.7 Å². The second-order valence-electron chi connectivity index (χ2n) is 6.15. The molecule has 0 aromatic heterocycles. The number of amides is 1. The van der Waals surface area contributed by atoms with E-state index in [9.17, 15) is 19.3 Å². The third-order valence-electron chi connectivity index (χ3n) is 4.08. The van der Waals surface area contributed by atoms with Crippen molar-refractivity contribution in [3.63, 3.8) is 0 Å². The average molecular weight is 396 g/mol. The van der Waals surface area contributed by atoms with Crippen molar-refractivity contribution < 1.29 is 23.6 Å². The summed E-state index contributed by atoms with van der Waals surface area (Å²) in [6.07, 6.45) is 0. The van der Waals surface area contributed by atoms with E-state index < -0.39 is 16.6 Å². The Balaban J connectivity index is 1.94. The minimum absolute atomic E-state index is 0.0393. The number of non-ortho nitro benzene ring substituents is 1. The fourth-order valence-electron chi connectivity index (χ4n) is 2.58. The zero-order valence-electron chi connectivity index (χ0n) is 15.6. The number of aryl methyl sites for hydroxylation is 1. The molecule has 0 radical (unpaired) electrons. The topological polar surface area (TPSA) is 90.7 Å². The van der Waals surface area contributed by atoms with E-state index in [-0.39, 0.29) is 22.7 Å². The highest BCUT2D eigenvalue weighted by Crippen LogP contribution is 2.30. The van der Waals surface area contributed by atoms with Crippen molar-refractivity contribution in [1.29, 1.82) is 0 Å². The number of nitro groups is 1. The maximum absolute atomic E-state index is 14.1. The Kier molecular flexibility index (Phi) is 5.73. The fourth-order valence-corrected chi connectivity index (χ4v) is 2.58. The summed E-state index contributed by atoms with van der Waals surface area (Å²) < 4.78 is 24.9. The molecule has 0 atom stereocenters. The van der Waals surface area contributed by atoms with Crippen LogP contribution in [-0.2, 0) is 0 Å². The number of ether oxygens (including phenoxy) is 2. The highest BCUT2D eigenvalue weighted by atomic mass is 19.1. The number of carbonyl (C=O) groups is 1. The third-order valence-corrected chi connectivity index (χ3v) is 4.08. The van der Waals surface area contributed by atoms with Crippen LogP contribution in [-0.4, -0.2) is 17.9 Å². The number of methoxy groups -OCH3 is 1. The summed E-state index contributed by atoms with van der Waals surface area (Å²) >= 11 is 0. The van der Waals surface area contributed by atoms with E-state index in [0.717, 1.165) is 6.07 Å². The Hall–Kier alpha value is -3.94. The molecule has 1 N–H and O–H groups in total. The van der Waals surface area contributed by atoms with Crippen molar-refractivity contribution in [2.45, 2.75) is 6.92 Å². The van der Waals surface area contributed by atoms with Gasteiger partial charge in [0.05, 0.1) is 23.3 Å².